The maximum Gasteiger partial charge on any atom is 0.316 e. The molecule has 2 heterocycles. The zero-order chi connectivity index (χ0) is 16.1. The monoisotopic (exact) mass is 331 g/mol. The number of methoxy groups -OCH3 is 1. The molecule has 1 amide bonds. The molecule has 1 unspecified atom stereocenters. The molecule has 0 saturated carbocycles. The maximum absolute atomic E-state index is 12.4. The van der Waals surface area contributed by atoms with E-state index in [0.717, 1.165) is 17.1 Å². The fourth-order valence-corrected chi connectivity index (χ4v) is 3.62. The summed E-state index contributed by atoms with van der Waals surface area (Å²) in [4.78, 5) is 22.2. The van der Waals surface area contributed by atoms with Crippen molar-refractivity contribution < 1.29 is 14.3 Å². The van der Waals surface area contributed by atoms with Gasteiger partial charge in [0.05, 0.1) is 7.11 Å². The zero-order valence-corrected chi connectivity index (χ0v) is 13.5. The van der Waals surface area contributed by atoms with Crippen LogP contribution in [0.15, 0.2) is 42.7 Å². The normalized spacial score (nSPS) is 17.1. The minimum atomic E-state index is -0.0664. The Morgan fingerprint density at radius 3 is 2.74 bits per heavy atom. The van der Waals surface area contributed by atoms with Gasteiger partial charge < -0.3 is 14.4 Å². The number of hydrogen-bond acceptors (Lipinski definition) is 6. The van der Waals surface area contributed by atoms with Crippen LogP contribution in [-0.4, -0.2) is 46.8 Å². The van der Waals surface area contributed by atoms with Gasteiger partial charge >= 0.3 is 6.01 Å². The predicted molar refractivity (Wildman–Crippen MR) is 87.4 cm³/mol. The second-order valence-corrected chi connectivity index (χ2v) is 6.09. The van der Waals surface area contributed by atoms with E-state index in [0.29, 0.717) is 6.54 Å². The number of nitrogens with zero attached hydrogens (tertiary/aromatic N) is 3. The Bertz CT molecular complexity index is 651. The number of rotatable bonds is 5. The van der Waals surface area contributed by atoms with E-state index >= 15 is 0 Å². The summed E-state index contributed by atoms with van der Waals surface area (Å²) >= 11 is 1.74. The van der Waals surface area contributed by atoms with Crippen LogP contribution in [0.5, 0.6) is 11.8 Å². The topological polar surface area (TPSA) is 64.5 Å². The van der Waals surface area contributed by atoms with Crippen LogP contribution in [0.4, 0.5) is 0 Å². The molecule has 1 aliphatic rings. The maximum atomic E-state index is 12.4. The Morgan fingerprint density at radius 2 is 2.04 bits per heavy atom. The highest BCUT2D eigenvalue weighted by atomic mass is 32.2. The highest BCUT2D eigenvalue weighted by molar-refractivity contribution is 7.99. The minimum absolute atomic E-state index is 0.00805. The van der Waals surface area contributed by atoms with Gasteiger partial charge in [0, 0.05) is 24.7 Å². The van der Waals surface area contributed by atoms with Gasteiger partial charge in [-0.15, -0.1) is 11.8 Å². The van der Waals surface area contributed by atoms with Crippen molar-refractivity contribution in [2.24, 2.45) is 0 Å². The third kappa shape index (κ3) is 3.73. The van der Waals surface area contributed by atoms with Crippen LogP contribution in [-0.2, 0) is 4.79 Å². The summed E-state index contributed by atoms with van der Waals surface area (Å²) in [5.74, 6) is 1.65. The van der Waals surface area contributed by atoms with Gasteiger partial charge in [0.25, 0.3) is 5.91 Å². The Kier molecular flexibility index (Phi) is 4.97. The number of aromatic nitrogens is 2. The fourth-order valence-electron chi connectivity index (χ4n) is 2.34. The van der Waals surface area contributed by atoms with E-state index < -0.39 is 0 Å². The first-order valence-electron chi connectivity index (χ1n) is 7.23. The highest BCUT2D eigenvalue weighted by Gasteiger charge is 2.30. The van der Waals surface area contributed by atoms with Crippen molar-refractivity contribution >= 4 is 17.7 Å². The average molecular weight is 331 g/mol. The first kappa shape index (κ1) is 15.6. The summed E-state index contributed by atoms with van der Waals surface area (Å²) in [5.41, 5.74) is 1.08. The van der Waals surface area contributed by atoms with Gasteiger partial charge in [0.2, 0.25) is 0 Å². The Morgan fingerprint density at radius 1 is 1.30 bits per heavy atom. The molecular weight excluding hydrogens is 314 g/mol. The van der Waals surface area contributed by atoms with Crippen molar-refractivity contribution in [1.82, 2.24) is 14.9 Å². The molecule has 1 aliphatic heterocycles. The summed E-state index contributed by atoms with van der Waals surface area (Å²) < 4.78 is 10.5. The molecule has 0 aliphatic carbocycles. The van der Waals surface area contributed by atoms with E-state index in [9.17, 15) is 4.79 Å². The van der Waals surface area contributed by atoms with Crippen molar-refractivity contribution in [2.45, 2.75) is 5.37 Å². The lowest BCUT2D eigenvalue weighted by molar-refractivity contribution is -0.133. The molecule has 120 valence electrons. The number of ether oxygens (including phenoxy) is 2. The zero-order valence-electron chi connectivity index (χ0n) is 12.7. The summed E-state index contributed by atoms with van der Waals surface area (Å²) in [6.07, 6.45) is 3.16. The van der Waals surface area contributed by atoms with Crippen LogP contribution in [0, 0.1) is 0 Å². The van der Waals surface area contributed by atoms with Crippen molar-refractivity contribution in [1.29, 1.82) is 0 Å². The van der Waals surface area contributed by atoms with Gasteiger partial charge in [0.15, 0.2) is 6.61 Å². The largest absolute Gasteiger partial charge is 0.497 e. The number of carbonyl (C=O) groups is 1. The minimum Gasteiger partial charge on any atom is -0.497 e. The van der Waals surface area contributed by atoms with E-state index in [-0.39, 0.29) is 23.9 Å². The van der Waals surface area contributed by atoms with E-state index in [4.69, 9.17) is 9.47 Å². The van der Waals surface area contributed by atoms with E-state index in [1.54, 1.807) is 37.3 Å². The Balaban J connectivity index is 1.64. The number of benzene rings is 1. The molecule has 1 aromatic carbocycles. The van der Waals surface area contributed by atoms with Crippen LogP contribution < -0.4 is 9.47 Å². The summed E-state index contributed by atoms with van der Waals surface area (Å²) in [5, 5.41) is 0.00805. The average Bonchev–Trinajstić information content (AvgIpc) is 3.10. The van der Waals surface area contributed by atoms with Crippen LogP contribution in [0.1, 0.15) is 10.9 Å². The Labute approximate surface area is 138 Å². The number of hydrogen-bond donors (Lipinski definition) is 0. The molecule has 0 spiro atoms. The molecule has 0 N–H and O–H groups in total. The lowest BCUT2D eigenvalue weighted by Gasteiger charge is -2.24. The van der Waals surface area contributed by atoms with Crippen LogP contribution in [0.25, 0.3) is 0 Å². The number of thioether (sulfide) groups is 1. The second kappa shape index (κ2) is 7.32. The summed E-state index contributed by atoms with van der Waals surface area (Å²) in [6, 6.07) is 9.71. The summed E-state index contributed by atoms with van der Waals surface area (Å²) in [6.45, 7) is 0.649. The first-order chi connectivity index (χ1) is 11.3. The van der Waals surface area contributed by atoms with Crippen molar-refractivity contribution in [3.63, 3.8) is 0 Å². The third-order valence-electron chi connectivity index (χ3n) is 3.48. The predicted octanol–water partition coefficient (Wildman–Crippen LogP) is 2.14. The van der Waals surface area contributed by atoms with E-state index in [2.05, 4.69) is 9.97 Å². The quantitative estimate of drug-likeness (QED) is 0.836. The van der Waals surface area contributed by atoms with Crippen molar-refractivity contribution in [3.05, 3.63) is 48.3 Å². The van der Waals surface area contributed by atoms with Crippen LogP contribution in [0.2, 0.25) is 0 Å². The fraction of sp³-hybridized carbons (Fsp3) is 0.312. The van der Waals surface area contributed by atoms with Crippen molar-refractivity contribution in [2.75, 3.05) is 26.0 Å². The standard InChI is InChI=1S/C16H17N3O3S/c1-21-13-5-3-12(4-6-13)15-19(9-10-23-15)14(20)11-22-16-17-7-2-8-18-16/h2-8,15H,9-11H2,1H3. The smallest absolute Gasteiger partial charge is 0.316 e. The molecular formula is C16H17N3O3S. The molecule has 2 aromatic rings. The SMILES string of the molecule is COc1ccc(C2SCCN2C(=O)COc2ncccn2)cc1. The summed E-state index contributed by atoms with van der Waals surface area (Å²) in [7, 11) is 1.64. The van der Waals surface area contributed by atoms with Crippen molar-refractivity contribution in [3.8, 4) is 11.8 Å². The Hall–Kier alpha value is -2.28. The molecule has 3 rings (SSSR count). The van der Waals surface area contributed by atoms with Gasteiger partial charge in [-0.05, 0) is 23.8 Å². The molecule has 1 atom stereocenters. The van der Waals surface area contributed by atoms with Gasteiger partial charge in [0.1, 0.15) is 11.1 Å². The highest BCUT2D eigenvalue weighted by Crippen LogP contribution is 2.38. The van der Waals surface area contributed by atoms with Gasteiger partial charge in [-0.2, -0.15) is 0 Å². The van der Waals surface area contributed by atoms with Gasteiger partial charge in [-0.1, -0.05) is 12.1 Å². The molecule has 23 heavy (non-hydrogen) atoms. The van der Waals surface area contributed by atoms with Crippen LogP contribution >= 0.6 is 11.8 Å². The molecule has 0 radical (unpaired) electrons. The number of amides is 1. The molecule has 6 nitrogen and oxygen atoms in total. The van der Waals surface area contributed by atoms with E-state index in [1.165, 1.54) is 0 Å². The molecule has 7 heteroatoms. The molecule has 1 saturated heterocycles. The second-order valence-electron chi connectivity index (χ2n) is 4.90. The first-order valence-corrected chi connectivity index (χ1v) is 8.27. The van der Waals surface area contributed by atoms with Gasteiger partial charge in [-0.3, -0.25) is 4.79 Å². The molecule has 0 bridgehead atoms. The molecule has 1 aromatic heterocycles. The van der Waals surface area contributed by atoms with Crippen LogP contribution in [0.3, 0.4) is 0 Å². The lowest BCUT2D eigenvalue weighted by Crippen LogP contribution is -2.34. The molecule has 1 fully saturated rings. The van der Waals surface area contributed by atoms with E-state index in [1.807, 2.05) is 29.2 Å². The lowest BCUT2D eigenvalue weighted by atomic mass is 10.2. The third-order valence-corrected chi connectivity index (χ3v) is 4.74. The van der Waals surface area contributed by atoms with Gasteiger partial charge in [-0.25, -0.2) is 9.97 Å². The number of carbonyl (C=O) groups excluding carboxylic acids is 1.